The Hall–Kier alpha value is -1.66. The molecule has 2 aromatic rings. The van der Waals surface area contributed by atoms with Crippen molar-refractivity contribution in [1.82, 2.24) is 0 Å². The minimum atomic E-state index is -4.58. The smallest absolute Gasteiger partial charge is 0.324 e. The molecule has 0 fully saturated rings. The number of rotatable bonds is 5. The maximum Gasteiger partial charge on any atom is 0.418 e. The van der Waals surface area contributed by atoms with E-state index in [2.05, 4.69) is 11.4 Å². The molecule has 134 valence electrons. The minimum Gasteiger partial charge on any atom is -0.324 e. The average Bonchev–Trinajstić information content (AvgIpc) is 2.47. The van der Waals surface area contributed by atoms with Crippen molar-refractivity contribution < 1.29 is 18.0 Å². The highest BCUT2D eigenvalue weighted by molar-refractivity contribution is 7.99. The molecule has 0 unspecified atom stereocenters. The van der Waals surface area contributed by atoms with E-state index < -0.39 is 23.3 Å². The number of hydrogen-bond acceptors (Lipinski definition) is 2. The molecule has 0 spiro atoms. The number of alkyl halides is 3. The Morgan fingerprint density at radius 2 is 1.80 bits per heavy atom. The number of nitrogens with one attached hydrogen (secondary N) is 1. The zero-order chi connectivity index (χ0) is 18.6. The van der Waals surface area contributed by atoms with E-state index in [1.807, 2.05) is 26.0 Å². The first-order valence-corrected chi connectivity index (χ1v) is 9.00. The van der Waals surface area contributed by atoms with Crippen LogP contribution >= 0.6 is 23.4 Å². The molecule has 2 aromatic carbocycles. The summed E-state index contributed by atoms with van der Waals surface area (Å²) in [7, 11) is 0. The van der Waals surface area contributed by atoms with Crippen LogP contribution in [0.5, 0.6) is 0 Å². The lowest BCUT2D eigenvalue weighted by molar-refractivity contribution is -0.137. The SMILES string of the molecule is Cc1cc(C)cc(CSCC(=O)Nc2c(Cl)cccc2C(F)(F)F)c1. The number of para-hydroxylation sites is 1. The van der Waals surface area contributed by atoms with Gasteiger partial charge < -0.3 is 5.32 Å². The Balaban J connectivity index is 1.99. The van der Waals surface area contributed by atoms with Crippen LogP contribution in [-0.4, -0.2) is 11.7 Å². The molecule has 0 aliphatic rings. The highest BCUT2D eigenvalue weighted by Crippen LogP contribution is 2.38. The first kappa shape index (κ1) is 19.7. The average molecular weight is 388 g/mol. The maximum atomic E-state index is 13.0. The monoisotopic (exact) mass is 387 g/mol. The van der Waals surface area contributed by atoms with Crippen molar-refractivity contribution in [3.63, 3.8) is 0 Å². The van der Waals surface area contributed by atoms with Crippen molar-refractivity contribution in [3.05, 3.63) is 63.7 Å². The number of amides is 1. The van der Waals surface area contributed by atoms with Crippen molar-refractivity contribution in [2.24, 2.45) is 0 Å². The van der Waals surface area contributed by atoms with Gasteiger partial charge in [-0.3, -0.25) is 4.79 Å². The number of halogens is 4. The van der Waals surface area contributed by atoms with Crippen molar-refractivity contribution in [2.75, 3.05) is 11.1 Å². The van der Waals surface area contributed by atoms with E-state index in [0.717, 1.165) is 22.8 Å². The molecule has 0 bridgehead atoms. The van der Waals surface area contributed by atoms with Crippen LogP contribution in [0.4, 0.5) is 18.9 Å². The van der Waals surface area contributed by atoms with Gasteiger partial charge in [0.05, 0.1) is 22.0 Å². The summed E-state index contributed by atoms with van der Waals surface area (Å²) < 4.78 is 39.0. The first-order chi connectivity index (χ1) is 11.7. The second kappa shape index (κ2) is 8.15. The fourth-order valence-electron chi connectivity index (χ4n) is 2.48. The van der Waals surface area contributed by atoms with Gasteiger partial charge >= 0.3 is 6.18 Å². The van der Waals surface area contributed by atoms with Gasteiger partial charge in [0.15, 0.2) is 0 Å². The number of thioether (sulfide) groups is 1. The standard InChI is InChI=1S/C18H17ClF3NOS/c1-11-6-12(2)8-13(7-11)9-25-10-16(24)23-17-14(18(20,21)22)4-3-5-15(17)19/h3-8H,9-10H2,1-2H3,(H,23,24). The maximum absolute atomic E-state index is 13.0. The topological polar surface area (TPSA) is 29.1 Å². The molecule has 0 aliphatic carbocycles. The van der Waals surface area contributed by atoms with E-state index in [1.165, 1.54) is 23.9 Å². The van der Waals surface area contributed by atoms with Gasteiger partial charge in [0, 0.05) is 5.75 Å². The van der Waals surface area contributed by atoms with Crippen molar-refractivity contribution >= 4 is 35.0 Å². The minimum absolute atomic E-state index is 0.0372. The quantitative estimate of drug-likeness (QED) is 0.697. The summed E-state index contributed by atoms with van der Waals surface area (Å²) in [5.74, 6) is 0.119. The highest BCUT2D eigenvalue weighted by Gasteiger charge is 2.34. The van der Waals surface area contributed by atoms with Crippen LogP contribution in [0.2, 0.25) is 5.02 Å². The molecule has 7 heteroatoms. The molecule has 25 heavy (non-hydrogen) atoms. The molecule has 0 heterocycles. The molecule has 0 radical (unpaired) electrons. The first-order valence-electron chi connectivity index (χ1n) is 7.47. The molecule has 2 nitrogen and oxygen atoms in total. The van der Waals surface area contributed by atoms with Crippen LogP contribution in [0.25, 0.3) is 0 Å². The third kappa shape index (κ3) is 5.68. The lowest BCUT2D eigenvalue weighted by Crippen LogP contribution is -2.18. The Labute approximate surface area is 153 Å². The third-order valence-electron chi connectivity index (χ3n) is 3.37. The predicted octanol–water partition coefficient (Wildman–Crippen LogP) is 5.85. The Bertz CT molecular complexity index is 757. The van der Waals surface area contributed by atoms with Crippen LogP contribution in [0.15, 0.2) is 36.4 Å². The molecule has 0 saturated heterocycles. The van der Waals surface area contributed by atoms with Crippen LogP contribution in [0, 0.1) is 13.8 Å². The number of anilines is 1. The molecule has 0 atom stereocenters. The van der Waals surface area contributed by atoms with E-state index in [-0.39, 0.29) is 10.8 Å². The number of benzene rings is 2. The molecular weight excluding hydrogens is 371 g/mol. The summed E-state index contributed by atoms with van der Waals surface area (Å²) in [4.78, 5) is 12.0. The summed E-state index contributed by atoms with van der Waals surface area (Å²) in [6.07, 6.45) is -4.58. The summed E-state index contributed by atoms with van der Waals surface area (Å²) in [6, 6.07) is 9.51. The van der Waals surface area contributed by atoms with Gasteiger partial charge in [0.25, 0.3) is 0 Å². The summed E-state index contributed by atoms with van der Waals surface area (Å²) >= 11 is 7.16. The van der Waals surface area contributed by atoms with Crippen molar-refractivity contribution in [2.45, 2.75) is 25.8 Å². The van der Waals surface area contributed by atoms with E-state index >= 15 is 0 Å². The normalized spacial score (nSPS) is 11.4. The van der Waals surface area contributed by atoms with Crippen molar-refractivity contribution in [1.29, 1.82) is 0 Å². The van der Waals surface area contributed by atoms with E-state index in [0.29, 0.717) is 5.75 Å². The largest absolute Gasteiger partial charge is 0.418 e. The second-order valence-corrected chi connectivity index (χ2v) is 7.09. The molecular formula is C18H17ClF3NOS. The summed E-state index contributed by atoms with van der Waals surface area (Å²) in [6.45, 7) is 3.98. The molecule has 0 saturated carbocycles. The Morgan fingerprint density at radius 3 is 2.40 bits per heavy atom. The van der Waals surface area contributed by atoms with Gasteiger partial charge in [-0.1, -0.05) is 47.0 Å². The molecule has 2 rings (SSSR count). The Kier molecular flexibility index (Phi) is 6.41. The van der Waals surface area contributed by atoms with Gasteiger partial charge in [0.1, 0.15) is 0 Å². The van der Waals surface area contributed by atoms with Crippen LogP contribution < -0.4 is 5.32 Å². The predicted molar refractivity (Wildman–Crippen MR) is 97.2 cm³/mol. The molecule has 0 aliphatic heterocycles. The lowest BCUT2D eigenvalue weighted by Gasteiger charge is -2.15. The van der Waals surface area contributed by atoms with E-state index in [9.17, 15) is 18.0 Å². The van der Waals surface area contributed by atoms with Gasteiger partial charge in [-0.05, 0) is 31.5 Å². The summed E-state index contributed by atoms with van der Waals surface area (Å²) in [5.41, 5.74) is 1.99. The number of aryl methyl sites for hydroxylation is 2. The van der Waals surface area contributed by atoms with Crippen LogP contribution in [0.1, 0.15) is 22.3 Å². The van der Waals surface area contributed by atoms with Crippen LogP contribution in [0.3, 0.4) is 0 Å². The Morgan fingerprint density at radius 1 is 1.16 bits per heavy atom. The van der Waals surface area contributed by atoms with E-state index in [4.69, 9.17) is 11.6 Å². The van der Waals surface area contributed by atoms with Crippen LogP contribution in [-0.2, 0) is 16.7 Å². The van der Waals surface area contributed by atoms with Gasteiger partial charge in [-0.25, -0.2) is 0 Å². The molecule has 0 aromatic heterocycles. The number of hydrogen-bond donors (Lipinski definition) is 1. The highest BCUT2D eigenvalue weighted by atomic mass is 35.5. The zero-order valence-electron chi connectivity index (χ0n) is 13.7. The van der Waals surface area contributed by atoms with E-state index in [1.54, 1.807) is 0 Å². The fourth-order valence-corrected chi connectivity index (χ4v) is 3.46. The zero-order valence-corrected chi connectivity index (χ0v) is 15.3. The van der Waals surface area contributed by atoms with Crippen molar-refractivity contribution in [3.8, 4) is 0 Å². The third-order valence-corrected chi connectivity index (χ3v) is 4.69. The number of carbonyl (C=O) groups is 1. The molecule has 1 N–H and O–H groups in total. The fraction of sp³-hybridized carbons (Fsp3) is 0.278. The molecule has 1 amide bonds. The summed E-state index contributed by atoms with van der Waals surface area (Å²) in [5, 5.41) is 2.15. The lowest BCUT2D eigenvalue weighted by atomic mass is 10.1. The van der Waals surface area contributed by atoms with Gasteiger partial charge in [-0.15, -0.1) is 11.8 Å². The van der Waals surface area contributed by atoms with Gasteiger partial charge in [-0.2, -0.15) is 13.2 Å². The second-order valence-electron chi connectivity index (χ2n) is 5.70. The number of carbonyl (C=O) groups excluding carboxylic acids is 1. The van der Waals surface area contributed by atoms with Gasteiger partial charge in [0.2, 0.25) is 5.91 Å².